The number of hydrogen-bond donors (Lipinski definition) is 0. The largest absolute Gasteiger partial charge is 0.494 e. The van der Waals surface area contributed by atoms with Crippen molar-refractivity contribution < 1.29 is 22.7 Å². The molecule has 242 valence electrons. The van der Waals surface area contributed by atoms with Crippen LogP contribution in [0.15, 0.2) is 78.9 Å². The standard InChI is InChI=1S/C34H38F3N7O2/c1-3-46-30-15-14-27(44-34(38-39-40-44)32(35)33(36)37)18-26(30)19-41-20-28-21-42(23(2)45)16-17-43(28)29(22-41)31(24-10-6-4-7-11-24)25-12-8-5-9-13-25/h4-15,18,28-29,31-33H,3,16-17,19-22H2,1-2H3/t28-,29?,32?/m1/s1. The first-order valence-corrected chi connectivity index (χ1v) is 15.6. The van der Waals surface area contributed by atoms with E-state index in [0.29, 0.717) is 44.2 Å². The molecule has 2 unspecified atom stereocenters. The SMILES string of the molecule is CCOc1ccc(-n2nnnc2C(F)C(F)F)cc1CN1CC(C(c2ccccc2)c2ccccc2)N2CCN(C(C)=O)C[C@H]2C1. The fraction of sp³-hybridized carbons (Fsp3) is 0.412. The highest BCUT2D eigenvalue weighted by Gasteiger charge is 2.43. The Labute approximate surface area is 266 Å². The monoisotopic (exact) mass is 633 g/mol. The van der Waals surface area contributed by atoms with E-state index in [4.69, 9.17) is 4.74 Å². The van der Waals surface area contributed by atoms with Gasteiger partial charge >= 0.3 is 0 Å². The van der Waals surface area contributed by atoms with Gasteiger partial charge in [-0.25, -0.2) is 13.2 Å². The maximum atomic E-state index is 14.4. The summed E-state index contributed by atoms with van der Waals surface area (Å²) in [6, 6.07) is 26.4. The minimum Gasteiger partial charge on any atom is -0.494 e. The normalized spacial score (nSPS) is 19.8. The third kappa shape index (κ3) is 6.63. The van der Waals surface area contributed by atoms with Crippen LogP contribution in [0.1, 0.15) is 48.5 Å². The molecule has 6 rings (SSSR count). The molecule has 3 heterocycles. The van der Waals surface area contributed by atoms with Gasteiger partial charge in [0.15, 0.2) is 5.82 Å². The summed E-state index contributed by atoms with van der Waals surface area (Å²) in [6.45, 7) is 7.93. The first-order chi connectivity index (χ1) is 22.3. The number of carbonyl (C=O) groups excluding carboxylic acids is 1. The molecule has 46 heavy (non-hydrogen) atoms. The minimum atomic E-state index is -3.26. The Morgan fingerprint density at radius 1 is 0.935 bits per heavy atom. The summed E-state index contributed by atoms with van der Waals surface area (Å²) in [5, 5.41) is 10.8. The molecule has 0 aliphatic carbocycles. The van der Waals surface area contributed by atoms with E-state index in [9.17, 15) is 18.0 Å². The second-order valence-electron chi connectivity index (χ2n) is 11.8. The fourth-order valence-corrected chi connectivity index (χ4v) is 6.90. The van der Waals surface area contributed by atoms with Gasteiger partial charge in [-0.2, -0.15) is 4.68 Å². The average molecular weight is 634 g/mol. The van der Waals surface area contributed by atoms with Gasteiger partial charge in [-0.3, -0.25) is 14.6 Å². The second kappa shape index (κ2) is 14.0. The zero-order valence-corrected chi connectivity index (χ0v) is 25.9. The molecule has 0 spiro atoms. The number of aromatic nitrogens is 4. The smallest absolute Gasteiger partial charge is 0.276 e. The number of tetrazole rings is 1. The number of fused-ring (bicyclic) bond motifs is 1. The summed E-state index contributed by atoms with van der Waals surface area (Å²) in [4.78, 5) is 19.3. The number of halogens is 3. The summed E-state index contributed by atoms with van der Waals surface area (Å²) in [5.41, 5.74) is 3.60. The van der Waals surface area contributed by atoms with E-state index in [1.807, 2.05) is 24.0 Å². The topological polar surface area (TPSA) is 79.6 Å². The Hall–Kier alpha value is -4.29. The highest BCUT2D eigenvalue weighted by atomic mass is 19.3. The lowest BCUT2D eigenvalue weighted by atomic mass is 9.81. The number of ether oxygens (including phenoxy) is 1. The molecule has 9 nitrogen and oxygen atoms in total. The van der Waals surface area contributed by atoms with Gasteiger partial charge in [-0.05, 0) is 46.7 Å². The number of rotatable bonds is 10. The lowest BCUT2D eigenvalue weighted by Gasteiger charge is -2.53. The Balaban J connectivity index is 1.37. The molecule has 2 aliphatic heterocycles. The van der Waals surface area contributed by atoms with Gasteiger partial charge in [-0.1, -0.05) is 60.7 Å². The fourth-order valence-electron chi connectivity index (χ4n) is 6.90. The van der Waals surface area contributed by atoms with Crippen molar-refractivity contribution >= 4 is 5.91 Å². The van der Waals surface area contributed by atoms with Crippen molar-refractivity contribution in [3.05, 3.63) is 101 Å². The van der Waals surface area contributed by atoms with E-state index >= 15 is 0 Å². The molecule has 4 aromatic rings. The van der Waals surface area contributed by atoms with Crippen LogP contribution in [0.3, 0.4) is 0 Å². The summed E-state index contributed by atoms with van der Waals surface area (Å²) in [7, 11) is 0. The van der Waals surface area contributed by atoms with Gasteiger partial charge < -0.3 is 9.64 Å². The van der Waals surface area contributed by atoms with Gasteiger partial charge in [0.05, 0.1) is 12.3 Å². The van der Waals surface area contributed by atoms with E-state index in [2.05, 4.69) is 73.9 Å². The van der Waals surface area contributed by atoms with Crippen LogP contribution in [0.25, 0.3) is 5.69 Å². The molecule has 12 heteroatoms. The molecule has 2 aliphatic rings. The summed E-state index contributed by atoms with van der Waals surface area (Å²) < 4.78 is 47.9. The molecule has 2 saturated heterocycles. The lowest BCUT2D eigenvalue weighted by molar-refractivity contribution is -0.134. The Kier molecular flexibility index (Phi) is 9.64. The first kappa shape index (κ1) is 31.7. The van der Waals surface area contributed by atoms with Gasteiger partial charge in [0.2, 0.25) is 12.1 Å². The van der Waals surface area contributed by atoms with Gasteiger partial charge in [-0.15, -0.1) is 5.10 Å². The quantitative estimate of drug-likeness (QED) is 0.246. The van der Waals surface area contributed by atoms with E-state index in [-0.39, 0.29) is 23.9 Å². The third-order valence-corrected chi connectivity index (χ3v) is 8.96. The van der Waals surface area contributed by atoms with E-state index in [1.165, 1.54) is 11.1 Å². The Morgan fingerprint density at radius 2 is 1.63 bits per heavy atom. The maximum Gasteiger partial charge on any atom is 0.276 e. The third-order valence-electron chi connectivity index (χ3n) is 8.96. The van der Waals surface area contributed by atoms with Crippen molar-refractivity contribution in [1.82, 2.24) is 34.9 Å². The molecular formula is C34H38F3N7O2. The van der Waals surface area contributed by atoms with Gasteiger partial charge in [0.25, 0.3) is 6.43 Å². The summed E-state index contributed by atoms with van der Waals surface area (Å²) in [6.07, 6.45) is -5.88. The van der Waals surface area contributed by atoms with Crippen molar-refractivity contribution in [1.29, 1.82) is 0 Å². The zero-order valence-electron chi connectivity index (χ0n) is 25.9. The predicted octanol–water partition coefficient (Wildman–Crippen LogP) is 4.89. The van der Waals surface area contributed by atoms with Gasteiger partial charge in [0, 0.05) is 69.8 Å². The number of hydrogen-bond acceptors (Lipinski definition) is 7. The molecule has 1 aromatic heterocycles. The molecule has 0 radical (unpaired) electrons. The van der Waals surface area contributed by atoms with Crippen molar-refractivity contribution in [2.75, 3.05) is 39.3 Å². The van der Waals surface area contributed by atoms with E-state index < -0.39 is 18.4 Å². The summed E-state index contributed by atoms with van der Waals surface area (Å²) in [5.74, 6) is 0.226. The molecule has 0 N–H and O–H groups in total. The van der Waals surface area contributed by atoms with Crippen LogP contribution in [-0.2, 0) is 11.3 Å². The van der Waals surface area contributed by atoms with Crippen molar-refractivity contribution in [3.63, 3.8) is 0 Å². The second-order valence-corrected chi connectivity index (χ2v) is 11.8. The zero-order chi connectivity index (χ0) is 32.2. The minimum absolute atomic E-state index is 0.0644. The van der Waals surface area contributed by atoms with Crippen molar-refractivity contribution in [2.45, 2.75) is 51.0 Å². The van der Waals surface area contributed by atoms with Crippen LogP contribution in [0.4, 0.5) is 13.2 Å². The number of alkyl halides is 3. The Bertz CT molecular complexity index is 1570. The number of benzene rings is 3. The number of nitrogens with zero attached hydrogens (tertiary/aromatic N) is 7. The molecule has 3 aromatic carbocycles. The maximum absolute atomic E-state index is 14.4. The van der Waals surface area contributed by atoms with Crippen molar-refractivity contribution in [2.24, 2.45) is 0 Å². The lowest BCUT2D eigenvalue weighted by Crippen LogP contribution is -2.67. The number of carbonyl (C=O) groups is 1. The molecular weight excluding hydrogens is 595 g/mol. The number of amides is 1. The van der Waals surface area contributed by atoms with Crippen LogP contribution in [-0.4, -0.2) is 98.7 Å². The van der Waals surface area contributed by atoms with Crippen LogP contribution in [0, 0.1) is 0 Å². The molecule has 3 atom stereocenters. The van der Waals surface area contributed by atoms with Crippen molar-refractivity contribution in [3.8, 4) is 11.4 Å². The predicted molar refractivity (Wildman–Crippen MR) is 167 cm³/mol. The first-order valence-electron chi connectivity index (χ1n) is 15.6. The molecule has 0 bridgehead atoms. The summed E-state index contributed by atoms with van der Waals surface area (Å²) >= 11 is 0. The molecule has 1 amide bonds. The number of piperazine rings is 2. The van der Waals surface area contributed by atoms with Crippen LogP contribution in [0.5, 0.6) is 5.75 Å². The van der Waals surface area contributed by atoms with E-state index in [1.54, 1.807) is 25.1 Å². The molecule has 0 saturated carbocycles. The van der Waals surface area contributed by atoms with E-state index in [0.717, 1.165) is 23.3 Å². The average Bonchev–Trinajstić information content (AvgIpc) is 3.56. The van der Waals surface area contributed by atoms with Crippen LogP contribution in [0.2, 0.25) is 0 Å². The van der Waals surface area contributed by atoms with Crippen LogP contribution < -0.4 is 4.74 Å². The highest BCUT2D eigenvalue weighted by molar-refractivity contribution is 5.73. The Morgan fingerprint density at radius 3 is 2.26 bits per heavy atom. The highest BCUT2D eigenvalue weighted by Crippen LogP contribution is 2.37. The van der Waals surface area contributed by atoms with Crippen LogP contribution >= 0.6 is 0 Å². The van der Waals surface area contributed by atoms with Gasteiger partial charge in [0.1, 0.15) is 5.75 Å². The molecule has 2 fully saturated rings.